The van der Waals surface area contributed by atoms with E-state index >= 15 is 0 Å². The van der Waals surface area contributed by atoms with Crippen molar-refractivity contribution >= 4 is 43.5 Å². The first-order valence-corrected chi connectivity index (χ1v) is 30.9. The molecule has 0 spiro atoms. The van der Waals surface area contributed by atoms with Crippen molar-refractivity contribution < 1.29 is 99.4 Å². The van der Waals surface area contributed by atoms with Crippen LogP contribution in [0, 0.1) is 20.2 Å². The summed E-state index contributed by atoms with van der Waals surface area (Å²) in [7, 11) is -8.05. The van der Waals surface area contributed by atoms with Gasteiger partial charge in [0.15, 0.2) is 0 Å². The number of methoxy groups -OCH3 is 2. The first-order valence-electron chi connectivity index (χ1n) is 28.1. The van der Waals surface area contributed by atoms with Gasteiger partial charge in [-0.15, -0.1) is 0 Å². The van der Waals surface area contributed by atoms with Crippen LogP contribution >= 0.6 is 0 Å². The van der Waals surface area contributed by atoms with Crippen LogP contribution in [0.15, 0.2) is 119 Å². The van der Waals surface area contributed by atoms with E-state index in [9.17, 15) is 73.0 Å². The van der Waals surface area contributed by atoms with Gasteiger partial charge in [-0.3, -0.25) is 28.6 Å². The van der Waals surface area contributed by atoms with Crippen molar-refractivity contribution in [3.8, 4) is 0 Å². The molecular formula is C58H74F6N2O18S2. The molecule has 0 N–H and O–H groups in total. The number of hydrogen-bond donors (Lipinski definition) is 0. The number of alkyl halides is 6. The molecule has 0 aromatic heterocycles. The number of non-ortho nitro benzene ring substituents is 2. The number of unbranched alkanes of at least 4 members (excludes halogenated alkanes) is 17. The summed E-state index contributed by atoms with van der Waals surface area (Å²) in [6.07, 6.45) is 3.27. The molecule has 0 heterocycles. The van der Waals surface area contributed by atoms with Gasteiger partial charge in [0, 0.05) is 62.8 Å². The van der Waals surface area contributed by atoms with Gasteiger partial charge in [0.2, 0.25) is 0 Å². The summed E-state index contributed by atoms with van der Waals surface area (Å²) in [6.45, 7) is -2.80. The molecule has 4 aromatic rings. The minimum absolute atomic E-state index is 0.114. The molecule has 86 heavy (non-hydrogen) atoms. The summed E-state index contributed by atoms with van der Waals surface area (Å²) >= 11 is 0. The van der Waals surface area contributed by atoms with Crippen molar-refractivity contribution in [3.05, 3.63) is 141 Å². The molecule has 0 aliphatic carbocycles. The standard InChI is InChI=1S/C58H74F6N2O18S2/c1-77-55(57(59,60)61,45-29-21-19-22-30-45)53(67)83-49(43-81-85(73,74)51-35-27-33-47(39-51)65(69)70)41-79-37-25-17-15-13-11-9-7-5-3-4-6-8-10-12-14-16-18-26-38-80-42-50(44-82-86(75,76)52-36-28-34-48(40-52)66(71)72)84-54(68)56(78-2,58(62,63)64)46-31-23-20-24-32-46/h19-24,27-36,39-40,49-50H,3-18,25-26,37-38,41-44H2,1-2H3/t49-,50-,55-,56-/m1/s1. The first kappa shape index (κ1) is 72.3. The first-order chi connectivity index (χ1) is 40.9. The fourth-order valence-electron chi connectivity index (χ4n) is 9.11. The number of nitrogens with zero attached hydrogens (tertiary/aromatic N) is 2. The Morgan fingerprint density at radius 1 is 0.442 bits per heavy atom. The van der Waals surface area contributed by atoms with Crippen LogP contribution in [0.25, 0.3) is 0 Å². The highest BCUT2D eigenvalue weighted by atomic mass is 32.2. The van der Waals surface area contributed by atoms with Crippen LogP contribution in [0.5, 0.6) is 0 Å². The van der Waals surface area contributed by atoms with Crippen LogP contribution in [0.1, 0.15) is 127 Å². The van der Waals surface area contributed by atoms with Crippen molar-refractivity contribution in [2.75, 3.05) is 53.9 Å². The maximum Gasteiger partial charge on any atom is 0.432 e. The predicted octanol–water partition coefficient (Wildman–Crippen LogP) is 12.7. The van der Waals surface area contributed by atoms with E-state index in [0.717, 1.165) is 176 Å². The average molecular weight is 1270 g/mol. The second-order valence-corrected chi connectivity index (χ2v) is 23.3. The van der Waals surface area contributed by atoms with E-state index < -0.39 is 137 Å². The molecule has 0 saturated carbocycles. The van der Waals surface area contributed by atoms with E-state index in [4.69, 9.17) is 36.8 Å². The minimum atomic E-state index is -5.31. The SMILES string of the molecule is CO[C@@](C(=O)O[C@H](COCCCCCCCCCCCCCCCCCCCCOC[C@H](COS(=O)(=O)c1cccc([N+](=O)[O-])c1)OC(=O)[C@](OC)(c1ccccc1)C(F)(F)F)COS(=O)(=O)c1cccc([N+](=O)[O-])c1)(c1ccccc1)C(F)(F)F. The quantitative estimate of drug-likeness (QED) is 0.00995. The predicted molar refractivity (Wildman–Crippen MR) is 299 cm³/mol. The lowest BCUT2D eigenvalue weighted by atomic mass is 9.92. The Balaban J connectivity index is 1.08. The third kappa shape index (κ3) is 21.9. The summed E-state index contributed by atoms with van der Waals surface area (Å²) in [4.78, 5) is 46.4. The molecule has 0 unspecified atom stereocenters. The smallest absolute Gasteiger partial charge is 0.432 e. The number of halogens is 6. The Morgan fingerprint density at radius 3 is 1.00 bits per heavy atom. The molecule has 4 aromatic carbocycles. The van der Waals surface area contributed by atoms with E-state index in [2.05, 4.69) is 0 Å². The highest BCUT2D eigenvalue weighted by Gasteiger charge is 2.65. The number of carbonyl (C=O) groups excluding carboxylic acids is 2. The highest BCUT2D eigenvalue weighted by Crippen LogP contribution is 2.45. The molecule has 28 heteroatoms. The number of hydrogen-bond acceptors (Lipinski definition) is 18. The van der Waals surface area contributed by atoms with E-state index in [1.807, 2.05) is 0 Å². The largest absolute Gasteiger partial charge is 0.455 e. The van der Waals surface area contributed by atoms with Crippen LogP contribution in [0.3, 0.4) is 0 Å². The van der Waals surface area contributed by atoms with Gasteiger partial charge in [0.1, 0.15) is 35.2 Å². The zero-order valence-corrected chi connectivity index (χ0v) is 49.5. The van der Waals surface area contributed by atoms with Crippen molar-refractivity contribution in [1.82, 2.24) is 0 Å². The fourth-order valence-corrected chi connectivity index (χ4v) is 11.1. The third-order valence-corrected chi connectivity index (χ3v) is 16.3. The zero-order chi connectivity index (χ0) is 63.3. The molecule has 0 bridgehead atoms. The molecule has 0 aliphatic rings. The van der Waals surface area contributed by atoms with Gasteiger partial charge >= 0.3 is 24.3 Å². The van der Waals surface area contributed by atoms with Crippen molar-refractivity contribution in [2.24, 2.45) is 0 Å². The van der Waals surface area contributed by atoms with Gasteiger partial charge in [-0.1, -0.05) is 176 Å². The normalized spacial score (nSPS) is 14.4. The Bertz CT molecular complexity index is 2750. The van der Waals surface area contributed by atoms with E-state index in [1.54, 1.807) is 0 Å². The molecule has 4 atom stereocenters. The van der Waals surface area contributed by atoms with Gasteiger partial charge in [0.25, 0.3) is 42.8 Å². The molecule has 0 aliphatic heterocycles. The maximum absolute atomic E-state index is 14.6. The van der Waals surface area contributed by atoms with E-state index in [0.29, 0.717) is 27.1 Å². The summed E-state index contributed by atoms with van der Waals surface area (Å²) in [5.41, 5.74) is -9.42. The van der Waals surface area contributed by atoms with Gasteiger partial charge in [-0.05, 0) is 25.0 Å². The Morgan fingerprint density at radius 2 is 0.733 bits per heavy atom. The zero-order valence-electron chi connectivity index (χ0n) is 47.8. The third-order valence-electron chi connectivity index (χ3n) is 13.8. The number of rotatable bonds is 43. The van der Waals surface area contributed by atoms with Crippen molar-refractivity contribution in [3.63, 3.8) is 0 Å². The second kappa shape index (κ2) is 35.6. The monoisotopic (exact) mass is 1260 g/mol. The van der Waals surface area contributed by atoms with E-state index in [-0.39, 0.29) is 13.2 Å². The molecule has 0 radical (unpaired) electrons. The Labute approximate surface area is 496 Å². The summed E-state index contributed by atoms with van der Waals surface area (Å²) in [6, 6.07) is 20.0. The second-order valence-electron chi connectivity index (χ2n) is 20.1. The fraction of sp³-hybridized carbons (Fsp3) is 0.552. The average Bonchev–Trinajstić information content (AvgIpc) is 1.14. The summed E-state index contributed by atoms with van der Waals surface area (Å²) in [5, 5.41) is 22.4. The molecular weight excluding hydrogens is 1190 g/mol. The number of benzene rings is 4. The molecule has 4 rings (SSSR count). The lowest BCUT2D eigenvalue weighted by Crippen LogP contribution is -2.53. The maximum atomic E-state index is 14.6. The van der Waals surface area contributed by atoms with Crippen LogP contribution in [0.4, 0.5) is 37.7 Å². The van der Waals surface area contributed by atoms with Gasteiger partial charge in [-0.2, -0.15) is 43.2 Å². The van der Waals surface area contributed by atoms with Crippen LogP contribution in [0.2, 0.25) is 0 Å². The van der Waals surface area contributed by atoms with E-state index in [1.165, 1.54) is 36.4 Å². The number of nitro benzene ring substituents is 2. The van der Waals surface area contributed by atoms with Crippen LogP contribution in [-0.4, -0.2) is 117 Å². The highest BCUT2D eigenvalue weighted by molar-refractivity contribution is 7.87. The Hall–Kier alpha value is -6.14. The van der Waals surface area contributed by atoms with Gasteiger partial charge < -0.3 is 28.4 Å². The van der Waals surface area contributed by atoms with Gasteiger partial charge in [0.05, 0.1) is 23.1 Å². The minimum Gasteiger partial charge on any atom is -0.455 e. The molecule has 478 valence electrons. The molecule has 20 nitrogen and oxygen atoms in total. The number of esters is 2. The molecule has 0 fully saturated rings. The van der Waals surface area contributed by atoms with Crippen molar-refractivity contribution in [1.29, 1.82) is 0 Å². The summed E-state index contributed by atoms with van der Waals surface area (Å²) in [5.74, 6) is -3.77. The topological polar surface area (TPSA) is 263 Å². The van der Waals surface area contributed by atoms with Crippen LogP contribution in [-0.2, 0) is 77.8 Å². The number of nitro groups is 2. The van der Waals surface area contributed by atoms with Gasteiger partial charge in [-0.25, -0.2) is 9.59 Å². The lowest BCUT2D eigenvalue weighted by molar-refractivity contribution is -0.385. The number of ether oxygens (including phenoxy) is 6. The molecule has 0 saturated heterocycles. The van der Waals surface area contributed by atoms with Crippen molar-refractivity contribution in [2.45, 2.75) is 161 Å². The lowest BCUT2D eigenvalue weighted by Gasteiger charge is -2.33. The number of carbonyl (C=O) groups is 2. The summed E-state index contributed by atoms with van der Waals surface area (Å²) < 4.78 is 181. The molecule has 0 amide bonds. The Kier molecular flexibility index (Phi) is 30.0. The van der Waals surface area contributed by atoms with Crippen LogP contribution < -0.4 is 0 Å².